The highest BCUT2D eigenvalue weighted by Gasteiger charge is 2.17. The van der Waals surface area contributed by atoms with Crippen molar-refractivity contribution in [1.29, 1.82) is 0 Å². The summed E-state index contributed by atoms with van der Waals surface area (Å²) in [7, 11) is 0. The van der Waals surface area contributed by atoms with Crippen LogP contribution in [-0.4, -0.2) is 10.2 Å². The van der Waals surface area contributed by atoms with E-state index < -0.39 is 0 Å². The van der Waals surface area contributed by atoms with Crippen molar-refractivity contribution >= 4 is 28.2 Å². The van der Waals surface area contributed by atoms with E-state index in [1.807, 2.05) is 0 Å². The Labute approximate surface area is 72.9 Å². The molecule has 0 fully saturated rings. The molecule has 0 aromatic carbocycles. The van der Waals surface area contributed by atoms with Gasteiger partial charge in [0.1, 0.15) is 3.70 Å². The van der Waals surface area contributed by atoms with Gasteiger partial charge in [0.15, 0.2) is 0 Å². The lowest BCUT2D eigenvalue weighted by Gasteiger charge is -1.89. The summed E-state index contributed by atoms with van der Waals surface area (Å²) in [5, 5.41) is 7.06. The Morgan fingerprint density at radius 1 is 1.70 bits per heavy atom. The first-order chi connectivity index (χ1) is 4.79. The molecule has 0 amide bonds. The van der Waals surface area contributed by atoms with E-state index in [0.717, 1.165) is 10.1 Å². The molecular weight excluding hydrogens is 239 g/mol. The van der Waals surface area contributed by atoms with Gasteiger partial charge >= 0.3 is 0 Å². The van der Waals surface area contributed by atoms with E-state index in [1.165, 1.54) is 16.8 Å². The van der Waals surface area contributed by atoms with Crippen LogP contribution in [0.5, 0.6) is 0 Å². The topological polar surface area (TPSA) is 28.7 Å². The maximum atomic E-state index is 4.10. The summed E-state index contributed by atoms with van der Waals surface area (Å²) in [4.78, 5) is 0. The van der Waals surface area contributed by atoms with Gasteiger partial charge in [-0.25, -0.2) is 0 Å². The maximum Gasteiger partial charge on any atom is 0.130 e. The molecule has 2 rings (SSSR count). The third-order valence-corrected chi connectivity index (χ3v) is 2.41. The molecule has 0 atom stereocenters. The lowest BCUT2D eigenvalue weighted by Crippen LogP contribution is -1.77. The number of aromatic nitrogens is 2. The molecule has 0 radical (unpaired) electrons. The predicted molar refractivity (Wildman–Crippen MR) is 48.6 cm³/mol. The minimum atomic E-state index is 1.10. The number of aryl methyl sites for hydroxylation is 1. The molecule has 0 saturated heterocycles. The summed E-state index contributed by atoms with van der Waals surface area (Å²) in [6, 6.07) is 0. The highest BCUT2D eigenvalue weighted by molar-refractivity contribution is 14.1. The molecule has 0 spiro atoms. The van der Waals surface area contributed by atoms with Gasteiger partial charge in [0, 0.05) is 11.3 Å². The monoisotopic (exact) mass is 246 g/mol. The van der Waals surface area contributed by atoms with Crippen molar-refractivity contribution in [3.05, 3.63) is 21.0 Å². The fourth-order valence-electron chi connectivity index (χ4n) is 1.03. The molecule has 0 saturated carbocycles. The van der Waals surface area contributed by atoms with E-state index in [0.29, 0.717) is 0 Å². The predicted octanol–water partition coefficient (Wildman–Crippen LogP) is 2.11. The van der Waals surface area contributed by atoms with E-state index >= 15 is 0 Å². The SMILES string of the molecule is Cc1[nH]nc(I)c1C1=CC1. The van der Waals surface area contributed by atoms with Gasteiger partial charge in [-0.3, -0.25) is 5.10 Å². The number of hydrogen-bond acceptors (Lipinski definition) is 1. The number of nitrogens with one attached hydrogen (secondary N) is 1. The van der Waals surface area contributed by atoms with Gasteiger partial charge in [-0.1, -0.05) is 6.08 Å². The largest absolute Gasteiger partial charge is 0.281 e. The number of allylic oxidation sites excluding steroid dienone is 2. The second kappa shape index (κ2) is 2.08. The van der Waals surface area contributed by atoms with Crippen LogP contribution in [0.15, 0.2) is 6.08 Å². The van der Waals surface area contributed by atoms with Crippen LogP contribution in [0.2, 0.25) is 0 Å². The Kier molecular flexibility index (Phi) is 1.33. The molecule has 1 aromatic heterocycles. The summed E-state index contributed by atoms with van der Waals surface area (Å²) in [5.41, 5.74) is 3.95. The fourth-order valence-corrected chi connectivity index (χ4v) is 1.90. The lowest BCUT2D eigenvalue weighted by atomic mass is 10.2. The highest BCUT2D eigenvalue weighted by Crippen LogP contribution is 2.34. The minimum Gasteiger partial charge on any atom is -0.281 e. The van der Waals surface area contributed by atoms with Crippen LogP contribution in [0, 0.1) is 10.6 Å². The summed E-state index contributed by atoms with van der Waals surface area (Å²) in [6.07, 6.45) is 3.37. The first-order valence-electron chi connectivity index (χ1n) is 3.19. The first-order valence-corrected chi connectivity index (χ1v) is 4.27. The third kappa shape index (κ3) is 0.885. The molecule has 1 heterocycles. The average Bonchev–Trinajstić information content (AvgIpc) is 2.64. The first kappa shape index (κ1) is 6.39. The summed E-state index contributed by atoms with van der Waals surface area (Å²) < 4.78 is 1.10. The molecule has 10 heavy (non-hydrogen) atoms. The Morgan fingerprint density at radius 3 is 2.80 bits per heavy atom. The molecule has 2 nitrogen and oxygen atoms in total. The van der Waals surface area contributed by atoms with Crippen molar-refractivity contribution in [3.8, 4) is 0 Å². The zero-order chi connectivity index (χ0) is 7.14. The third-order valence-electron chi connectivity index (χ3n) is 1.63. The Balaban J connectivity index is 2.54. The number of nitrogens with zero attached hydrogens (tertiary/aromatic N) is 1. The second-order valence-electron chi connectivity index (χ2n) is 2.45. The number of rotatable bonds is 1. The lowest BCUT2D eigenvalue weighted by molar-refractivity contribution is 1.03. The molecule has 1 N–H and O–H groups in total. The van der Waals surface area contributed by atoms with Gasteiger partial charge in [-0.2, -0.15) is 5.10 Å². The van der Waals surface area contributed by atoms with Crippen LogP contribution in [0.1, 0.15) is 17.7 Å². The molecule has 1 aliphatic rings. The van der Waals surface area contributed by atoms with Gasteiger partial charge in [0.25, 0.3) is 0 Å². The molecule has 52 valence electrons. The van der Waals surface area contributed by atoms with Crippen LogP contribution < -0.4 is 0 Å². The standard InChI is InChI=1S/C7H7IN2/c1-4-6(5-2-3-5)7(8)10-9-4/h2H,3H2,1H3,(H,9,10). The number of hydrogen-bond donors (Lipinski definition) is 1. The van der Waals surface area contributed by atoms with Crippen molar-refractivity contribution in [3.63, 3.8) is 0 Å². The highest BCUT2D eigenvalue weighted by atomic mass is 127. The quantitative estimate of drug-likeness (QED) is 0.755. The van der Waals surface area contributed by atoms with Crippen LogP contribution in [-0.2, 0) is 0 Å². The number of aromatic amines is 1. The molecule has 3 heteroatoms. The summed E-state index contributed by atoms with van der Waals surface area (Å²) >= 11 is 2.25. The smallest absolute Gasteiger partial charge is 0.130 e. The van der Waals surface area contributed by atoms with Crippen LogP contribution in [0.25, 0.3) is 5.57 Å². The van der Waals surface area contributed by atoms with Gasteiger partial charge in [-0.05, 0) is 41.5 Å². The van der Waals surface area contributed by atoms with Gasteiger partial charge in [-0.15, -0.1) is 0 Å². The van der Waals surface area contributed by atoms with Crippen LogP contribution >= 0.6 is 22.6 Å². The van der Waals surface area contributed by atoms with E-state index in [9.17, 15) is 0 Å². The Bertz CT molecular complexity index is 279. The normalized spacial score (nSPS) is 15.2. The molecule has 0 unspecified atom stereocenters. The van der Waals surface area contributed by atoms with Crippen molar-refractivity contribution in [1.82, 2.24) is 10.2 Å². The number of H-pyrrole nitrogens is 1. The number of halogens is 1. The van der Waals surface area contributed by atoms with E-state index in [2.05, 4.69) is 45.8 Å². The van der Waals surface area contributed by atoms with Crippen LogP contribution in [0.4, 0.5) is 0 Å². The van der Waals surface area contributed by atoms with Crippen molar-refractivity contribution in [2.75, 3.05) is 0 Å². The minimum absolute atomic E-state index is 1.10. The summed E-state index contributed by atoms with van der Waals surface area (Å²) in [6.45, 7) is 2.06. The molecule has 0 bridgehead atoms. The zero-order valence-electron chi connectivity index (χ0n) is 5.61. The average molecular weight is 246 g/mol. The summed E-state index contributed by atoms with van der Waals surface area (Å²) in [5.74, 6) is 0. The molecule has 1 aromatic rings. The molecule has 1 aliphatic carbocycles. The Hall–Kier alpha value is -0.320. The Morgan fingerprint density at radius 2 is 2.40 bits per heavy atom. The van der Waals surface area contributed by atoms with Crippen molar-refractivity contribution in [2.45, 2.75) is 13.3 Å². The fraction of sp³-hybridized carbons (Fsp3) is 0.286. The van der Waals surface area contributed by atoms with Gasteiger partial charge in [0.05, 0.1) is 0 Å². The zero-order valence-corrected chi connectivity index (χ0v) is 7.77. The van der Waals surface area contributed by atoms with Crippen LogP contribution in [0.3, 0.4) is 0 Å². The van der Waals surface area contributed by atoms with E-state index in [4.69, 9.17) is 0 Å². The van der Waals surface area contributed by atoms with E-state index in [-0.39, 0.29) is 0 Å². The van der Waals surface area contributed by atoms with Gasteiger partial charge in [0.2, 0.25) is 0 Å². The molecule has 0 aliphatic heterocycles. The van der Waals surface area contributed by atoms with Gasteiger partial charge < -0.3 is 0 Å². The second-order valence-corrected chi connectivity index (χ2v) is 3.47. The maximum absolute atomic E-state index is 4.10. The molecular formula is C7H7IN2. The van der Waals surface area contributed by atoms with E-state index in [1.54, 1.807) is 0 Å². The van der Waals surface area contributed by atoms with Crippen molar-refractivity contribution < 1.29 is 0 Å². The van der Waals surface area contributed by atoms with Crippen molar-refractivity contribution in [2.24, 2.45) is 0 Å².